The highest BCUT2D eigenvalue weighted by Crippen LogP contribution is 2.21. The maximum atomic E-state index is 5.08. The van der Waals surface area contributed by atoms with Crippen LogP contribution in [0.15, 0.2) is 42.0 Å². The van der Waals surface area contributed by atoms with E-state index in [1.54, 1.807) is 6.08 Å². The molecule has 88 valence electrons. The molecule has 0 saturated heterocycles. The lowest BCUT2D eigenvalue weighted by atomic mass is 10.1. The van der Waals surface area contributed by atoms with Crippen molar-refractivity contribution >= 4 is 23.0 Å². The van der Waals surface area contributed by atoms with Gasteiger partial charge in [-0.2, -0.15) is 5.10 Å². The predicted octanol–water partition coefficient (Wildman–Crippen LogP) is 1.99. The first-order valence-electron chi connectivity index (χ1n) is 5.61. The lowest BCUT2D eigenvalue weighted by Crippen LogP contribution is -2.32. The van der Waals surface area contributed by atoms with Crippen LogP contribution < -0.4 is 10.7 Å². The summed E-state index contributed by atoms with van der Waals surface area (Å²) in [5, 5.41) is 7.85. The molecule has 1 aliphatic carbocycles. The molecule has 0 saturated carbocycles. The zero-order valence-electron chi connectivity index (χ0n) is 9.57. The van der Waals surface area contributed by atoms with E-state index in [0.29, 0.717) is 11.7 Å². The van der Waals surface area contributed by atoms with Crippen LogP contribution in [0.3, 0.4) is 0 Å². The van der Waals surface area contributed by atoms with Crippen molar-refractivity contribution in [2.75, 3.05) is 6.54 Å². The number of hydrogen-bond acceptors (Lipinski definition) is 2. The fraction of sp³-hybridized carbons (Fsp3) is 0.231. The summed E-state index contributed by atoms with van der Waals surface area (Å²) in [4.78, 5) is 0. The number of hydrogen-bond donors (Lipinski definition) is 2. The minimum absolute atomic E-state index is 0.529. The molecule has 0 amide bonds. The van der Waals surface area contributed by atoms with Gasteiger partial charge in [-0.25, -0.2) is 0 Å². The Hall–Kier alpha value is -1.68. The van der Waals surface area contributed by atoms with Crippen LogP contribution in [0.1, 0.15) is 17.5 Å². The molecule has 1 aromatic rings. The minimum atomic E-state index is 0.529. The largest absolute Gasteiger partial charge is 0.358 e. The molecule has 0 aliphatic heterocycles. The van der Waals surface area contributed by atoms with E-state index in [2.05, 4.69) is 40.6 Å². The second-order valence-corrected chi connectivity index (χ2v) is 4.23. The van der Waals surface area contributed by atoms with Crippen molar-refractivity contribution in [2.24, 2.45) is 5.10 Å². The molecule has 0 bridgehead atoms. The van der Waals surface area contributed by atoms with Gasteiger partial charge in [-0.05, 0) is 30.6 Å². The molecule has 1 aliphatic rings. The zero-order valence-corrected chi connectivity index (χ0v) is 10.4. The Labute approximate surface area is 107 Å². The third-order valence-electron chi connectivity index (χ3n) is 2.66. The number of fused-ring (bicyclic) bond motifs is 1. The van der Waals surface area contributed by atoms with Gasteiger partial charge in [-0.1, -0.05) is 30.3 Å². The highest BCUT2D eigenvalue weighted by Gasteiger charge is 2.16. The molecule has 0 spiro atoms. The van der Waals surface area contributed by atoms with Gasteiger partial charge in [0.1, 0.15) is 0 Å². The van der Waals surface area contributed by atoms with Crippen molar-refractivity contribution < 1.29 is 0 Å². The molecular formula is C13H15N3S. The molecule has 3 nitrogen and oxygen atoms in total. The lowest BCUT2D eigenvalue weighted by Gasteiger charge is -2.05. The molecule has 0 fully saturated rings. The molecule has 4 heteroatoms. The predicted molar refractivity (Wildman–Crippen MR) is 75.2 cm³/mol. The van der Waals surface area contributed by atoms with Crippen LogP contribution in [0.25, 0.3) is 0 Å². The SMILES string of the molecule is C=CCNC(=S)NN=C1CCc2ccccc21. The maximum absolute atomic E-state index is 5.08. The van der Waals surface area contributed by atoms with Crippen molar-refractivity contribution in [3.05, 3.63) is 48.0 Å². The first kappa shape index (κ1) is 11.8. The summed E-state index contributed by atoms with van der Waals surface area (Å²) in [7, 11) is 0. The van der Waals surface area contributed by atoms with Gasteiger partial charge >= 0.3 is 0 Å². The Morgan fingerprint density at radius 2 is 2.24 bits per heavy atom. The molecule has 0 aromatic heterocycles. The van der Waals surface area contributed by atoms with Gasteiger partial charge in [0.25, 0.3) is 0 Å². The topological polar surface area (TPSA) is 36.4 Å². The maximum Gasteiger partial charge on any atom is 0.187 e. The first-order valence-corrected chi connectivity index (χ1v) is 6.01. The first-order chi connectivity index (χ1) is 8.31. The fourth-order valence-electron chi connectivity index (χ4n) is 1.85. The summed E-state index contributed by atoms with van der Waals surface area (Å²) in [6, 6.07) is 8.34. The third-order valence-corrected chi connectivity index (χ3v) is 2.89. The molecule has 0 atom stereocenters. The molecule has 2 N–H and O–H groups in total. The van der Waals surface area contributed by atoms with Gasteiger partial charge in [0.05, 0.1) is 5.71 Å². The Morgan fingerprint density at radius 1 is 1.41 bits per heavy atom. The number of nitrogens with one attached hydrogen (secondary N) is 2. The van der Waals surface area contributed by atoms with Gasteiger partial charge < -0.3 is 5.32 Å². The quantitative estimate of drug-likeness (QED) is 0.486. The van der Waals surface area contributed by atoms with Crippen molar-refractivity contribution in [3.63, 3.8) is 0 Å². The van der Waals surface area contributed by atoms with Crippen molar-refractivity contribution in [1.82, 2.24) is 10.7 Å². The van der Waals surface area contributed by atoms with E-state index in [9.17, 15) is 0 Å². The van der Waals surface area contributed by atoms with E-state index in [1.807, 2.05) is 6.07 Å². The molecule has 17 heavy (non-hydrogen) atoms. The van der Waals surface area contributed by atoms with Crippen molar-refractivity contribution in [1.29, 1.82) is 0 Å². The van der Waals surface area contributed by atoms with Gasteiger partial charge in [0.15, 0.2) is 5.11 Å². The number of nitrogens with zero attached hydrogens (tertiary/aromatic N) is 1. The Balaban J connectivity index is 2.00. The van der Waals surface area contributed by atoms with E-state index in [1.165, 1.54) is 11.1 Å². The average molecular weight is 245 g/mol. The van der Waals surface area contributed by atoms with E-state index >= 15 is 0 Å². The summed E-state index contributed by atoms with van der Waals surface area (Å²) in [5.41, 5.74) is 6.52. The Kier molecular flexibility index (Phi) is 3.88. The van der Waals surface area contributed by atoms with Crippen LogP contribution in [0.2, 0.25) is 0 Å². The lowest BCUT2D eigenvalue weighted by molar-refractivity contribution is 0.930. The van der Waals surface area contributed by atoms with Gasteiger partial charge in [0.2, 0.25) is 0 Å². The highest BCUT2D eigenvalue weighted by atomic mass is 32.1. The second kappa shape index (κ2) is 5.59. The summed E-state index contributed by atoms with van der Waals surface area (Å²) in [6.45, 7) is 4.26. The van der Waals surface area contributed by atoms with E-state index in [4.69, 9.17) is 12.2 Å². The smallest absolute Gasteiger partial charge is 0.187 e. The van der Waals surface area contributed by atoms with Crippen LogP contribution in [-0.2, 0) is 6.42 Å². The van der Waals surface area contributed by atoms with Crippen LogP contribution in [0.4, 0.5) is 0 Å². The fourth-order valence-corrected chi connectivity index (χ4v) is 1.98. The minimum Gasteiger partial charge on any atom is -0.358 e. The third kappa shape index (κ3) is 2.91. The molecular weight excluding hydrogens is 230 g/mol. The number of benzene rings is 1. The standard InChI is InChI=1S/C13H15N3S/c1-2-9-14-13(17)16-15-12-8-7-10-5-3-4-6-11(10)12/h2-6H,1,7-9H2,(H2,14,16,17). The van der Waals surface area contributed by atoms with E-state index in [-0.39, 0.29) is 0 Å². The Morgan fingerprint density at radius 3 is 3.06 bits per heavy atom. The van der Waals surface area contributed by atoms with Crippen LogP contribution in [0.5, 0.6) is 0 Å². The van der Waals surface area contributed by atoms with E-state index in [0.717, 1.165) is 18.6 Å². The molecule has 0 heterocycles. The van der Waals surface area contributed by atoms with Gasteiger partial charge in [-0.15, -0.1) is 6.58 Å². The van der Waals surface area contributed by atoms with Crippen LogP contribution in [-0.4, -0.2) is 17.4 Å². The average Bonchev–Trinajstić information content (AvgIpc) is 2.77. The van der Waals surface area contributed by atoms with E-state index < -0.39 is 0 Å². The van der Waals surface area contributed by atoms with Gasteiger partial charge in [0, 0.05) is 12.1 Å². The monoisotopic (exact) mass is 245 g/mol. The summed E-state index contributed by atoms with van der Waals surface area (Å²) in [5.74, 6) is 0. The van der Waals surface area contributed by atoms with Gasteiger partial charge in [-0.3, -0.25) is 5.43 Å². The molecule has 2 rings (SSSR count). The van der Waals surface area contributed by atoms with Crippen LogP contribution in [0, 0.1) is 0 Å². The normalized spacial score (nSPS) is 15.4. The number of aryl methyl sites for hydroxylation is 1. The highest BCUT2D eigenvalue weighted by molar-refractivity contribution is 7.80. The number of rotatable bonds is 3. The van der Waals surface area contributed by atoms with Crippen molar-refractivity contribution in [2.45, 2.75) is 12.8 Å². The van der Waals surface area contributed by atoms with Crippen LogP contribution >= 0.6 is 12.2 Å². The Bertz CT molecular complexity index is 465. The summed E-state index contributed by atoms with van der Waals surface area (Å²) in [6.07, 6.45) is 3.78. The summed E-state index contributed by atoms with van der Waals surface area (Å²) < 4.78 is 0. The summed E-state index contributed by atoms with van der Waals surface area (Å²) >= 11 is 5.08. The zero-order chi connectivity index (χ0) is 12.1. The molecule has 1 aromatic carbocycles. The number of thiocarbonyl (C=S) groups is 1. The molecule has 0 unspecified atom stereocenters. The van der Waals surface area contributed by atoms with Crippen molar-refractivity contribution in [3.8, 4) is 0 Å². The second-order valence-electron chi connectivity index (χ2n) is 3.83. The molecule has 0 radical (unpaired) electrons. The number of hydrazone groups is 1.